The van der Waals surface area contributed by atoms with E-state index in [4.69, 9.17) is 0 Å². The normalized spacial score (nSPS) is 15.1. The van der Waals surface area contributed by atoms with E-state index < -0.39 is 0 Å². The zero-order chi connectivity index (χ0) is 19.5. The Bertz CT molecular complexity index is 938. The molecule has 1 amide bonds. The van der Waals surface area contributed by atoms with Crippen LogP contribution in [0.1, 0.15) is 40.3 Å². The van der Waals surface area contributed by atoms with Crippen LogP contribution in [0.4, 0.5) is 0 Å². The van der Waals surface area contributed by atoms with Gasteiger partial charge in [0.25, 0.3) is 5.91 Å². The number of hydrogen-bond donors (Lipinski definition) is 0. The fourth-order valence-electron chi connectivity index (χ4n) is 3.60. The molecule has 3 aromatic rings. The molecule has 1 unspecified atom stereocenters. The number of carbonyl (C=O) groups excluding carboxylic acids is 1. The average Bonchev–Trinajstić information content (AvgIpc) is 3.17. The Morgan fingerprint density at radius 3 is 2.75 bits per heavy atom. The van der Waals surface area contributed by atoms with E-state index >= 15 is 0 Å². The fraction of sp³-hybridized carbons (Fsp3) is 0.318. The molecule has 3 heterocycles. The molecule has 144 valence electrons. The molecule has 0 spiro atoms. The predicted octanol–water partition coefficient (Wildman–Crippen LogP) is 3.13. The lowest BCUT2D eigenvalue weighted by Crippen LogP contribution is -2.33. The third kappa shape index (κ3) is 3.82. The Hall–Kier alpha value is -2.99. The topological polar surface area (TPSA) is 54.3 Å². The molecule has 1 atom stereocenters. The SMILES string of the molecule is CC(c1cccnc1)N(C)C(=O)c1cc2n(n1)CCN(Cc1ccccc1)C2. The third-order valence-corrected chi connectivity index (χ3v) is 5.41. The summed E-state index contributed by atoms with van der Waals surface area (Å²) in [5.41, 5.74) is 3.91. The summed E-state index contributed by atoms with van der Waals surface area (Å²) >= 11 is 0. The summed E-state index contributed by atoms with van der Waals surface area (Å²) < 4.78 is 1.97. The maximum absolute atomic E-state index is 13.0. The Morgan fingerprint density at radius 2 is 2.00 bits per heavy atom. The number of carbonyl (C=O) groups is 1. The van der Waals surface area contributed by atoms with Gasteiger partial charge in [0, 0.05) is 39.1 Å². The maximum Gasteiger partial charge on any atom is 0.274 e. The molecular weight excluding hydrogens is 350 g/mol. The van der Waals surface area contributed by atoms with E-state index in [-0.39, 0.29) is 11.9 Å². The smallest absolute Gasteiger partial charge is 0.274 e. The van der Waals surface area contributed by atoms with Crippen LogP contribution >= 0.6 is 0 Å². The molecule has 0 N–H and O–H groups in total. The van der Waals surface area contributed by atoms with Gasteiger partial charge in [-0.15, -0.1) is 0 Å². The first-order chi connectivity index (χ1) is 13.6. The second kappa shape index (κ2) is 7.94. The first kappa shape index (κ1) is 18.4. The zero-order valence-corrected chi connectivity index (χ0v) is 16.3. The van der Waals surface area contributed by atoms with Crippen molar-refractivity contribution in [2.75, 3.05) is 13.6 Å². The van der Waals surface area contributed by atoms with Gasteiger partial charge in [-0.25, -0.2) is 0 Å². The van der Waals surface area contributed by atoms with E-state index in [0.717, 1.165) is 37.4 Å². The predicted molar refractivity (Wildman–Crippen MR) is 108 cm³/mol. The van der Waals surface area contributed by atoms with Gasteiger partial charge < -0.3 is 4.90 Å². The van der Waals surface area contributed by atoms with Crippen LogP contribution in [0.5, 0.6) is 0 Å². The van der Waals surface area contributed by atoms with Crippen molar-refractivity contribution in [3.05, 3.63) is 83.4 Å². The molecule has 1 aromatic carbocycles. The number of nitrogens with zero attached hydrogens (tertiary/aromatic N) is 5. The van der Waals surface area contributed by atoms with Crippen LogP contribution in [-0.4, -0.2) is 44.1 Å². The Balaban J connectivity index is 1.45. The summed E-state index contributed by atoms with van der Waals surface area (Å²) in [5.74, 6) is -0.0622. The summed E-state index contributed by atoms with van der Waals surface area (Å²) in [6.07, 6.45) is 3.54. The quantitative estimate of drug-likeness (QED) is 0.688. The average molecular weight is 375 g/mol. The van der Waals surface area contributed by atoms with Crippen LogP contribution < -0.4 is 0 Å². The first-order valence-corrected chi connectivity index (χ1v) is 9.62. The molecule has 0 aliphatic carbocycles. The Morgan fingerprint density at radius 1 is 1.18 bits per heavy atom. The van der Waals surface area contributed by atoms with Gasteiger partial charge in [0.2, 0.25) is 0 Å². The second-order valence-corrected chi connectivity index (χ2v) is 7.32. The van der Waals surface area contributed by atoms with Crippen molar-refractivity contribution >= 4 is 5.91 Å². The fourth-order valence-corrected chi connectivity index (χ4v) is 3.60. The zero-order valence-electron chi connectivity index (χ0n) is 16.3. The molecule has 6 nitrogen and oxygen atoms in total. The highest BCUT2D eigenvalue weighted by molar-refractivity contribution is 5.92. The van der Waals surface area contributed by atoms with Crippen molar-refractivity contribution in [1.29, 1.82) is 0 Å². The second-order valence-electron chi connectivity index (χ2n) is 7.32. The molecule has 0 bridgehead atoms. The molecule has 2 aromatic heterocycles. The molecule has 0 fully saturated rings. The standard InChI is InChI=1S/C22H25N5O/c1-17(19-9-6-10-23-14-19)25(2)22(28)21-13-20-16-26(11-12-27(20)24-21)15-18-7-4-3-5-8-18/h3-10,13-14,17H,11-12,15-16H2,1-2H3. The van der Waals surface area contributed by atoms with Gasteiger partial charge in [-0.05, 0) is 30.2 Å². The molecule has 4 rings (SSSR count). The lowest BCUT2D eigenvalue weighted by molar-refractivity contribution is 0.0735. The molecule has 6 heteroatoms. The summed E-state index contributed by atoms with van der Waals surface area (Å²) in [6, 6.07) is 16.2. The summed E-state index contributed by atoms with van der Waals surface area (Å²) in [4.78, 5) is 21.2. The van der Waals surface area contributed by atoms with Gasteiger partial charge in [-0.1, -0.05) is 36.4 Å². The lowest BCUT2D eigenvalue weighted by atomic mass is 10.1. The van der Waals surface area contributed by atoms with Crippen LogP contribution in [0.2, 0.25) is 0 Å². The van der Waals surface area contributed by atoms with E-state index in [9.17, 15) is 4.79 Å². The van der Waals surface area contributed by atoms with Gasteiger partial charge in [0.1, 0.15) is 0 Å². The van der Waals surface area contributed by atoms with Crippen molar-refractivity contribution in [3.8, 4) is 0 Å². The minimum Gasteiger partial charge on any atom is -0.333 e. The van der Waals surface area contributed by atoms with Crippen molar-refractivity contribution in [3.63, 3.8) is 0 Å². The van der Waals surface area contributed by atoms with Gasteiger partial charge in [0.05, 0.1) is 18.3 Å². The van der Waals surface area contributed by atoms with Crippen molar-refractivity contribution in [2.45, 2.75) is 32.6 Å². The van der Waals surface area contributed by atoms with Crippen LogP contribution in [-0.2, 0) is 19.6 Å². The van der Waals surface area contributed by atoms with E-state index in [0.29, 0.717) is 5.69 Å². The van der Waals surface area contributed by atoms with Crippen LogP contribution in [0.3, 0.4) is 0 Å². The van der Waals surface area contributed by atoms with Gasteiger partial charge in [-0.2, -0.15) is 5.10 Å². The third-order valence-electron chi connectivity index (χ3n) is 5.41. The summed E-state index contributed by atoms with van der Waals surface area (Å²) in [5, 5.41) is 4.57. The molecule has 1 aliphatic heterocycles. The van der Waals surface area contributed by atoms with Gasteiger partial charge in [-0.3, -0.25) is 19.4 Å². The number of aromatic nitrogens is 3. The van der Waals surface area contributed by atoms with Crippen LogP contribution in [0, 0.1) is 0 Å². The highest BCUT2D eigenvalue weighted by Crippen LogP contribution is 2.21. The monoisotopic (exact) mass is 375 g/mol. The van der Waals surface area contributed by atoms with Gasteiger partial charge in [0.15, 0.2) is 5.69 Å². The van der Waals surface area contributed by atoms with E-state index in [1.807, 2.05) is 42.9 Å². The van der Waals surface area contributed by atoms with E-state index in [1.165, 1.54) is 5.56 Å². The van der Waals surface area contributed by atoms with Crippen molar-refractivity contribution in [1.82, 2.24) is 24.6 Å². The Kier molecular flexibility index (Phi) is 5.21. The van der Waals surface area contributed by atoms with Crippen molar-refractivity contribution < 1.29 is 4.79 Å². The molecule has 28 heavy (non-hydrogen) atoms. The highest BCUT2D eigenvalue weighted by atomic mass is 16.2. The van der Waals surface area contributed by atoms with E-state index in [1.54, 1.807) is 17.3 Å². The van der Waals surface area contributed by atoms with Crippen molar-refractivity contribution in [2.24, 2.45) is 0 Å². The molecule has 0 radical (unpaired) electrons. The van der Waals surface area contributed by atoms with Crippen LogP contribution in [0.25, 0.3) is 0 Å². The number of pyridine rings is 1. The van der Waals surface area contributed by atoms with Crippen LogP contribution in [0.15, 0.2) is 60.9 Å². The molecular formula is C22H25N5O. The van der Waals surface area contributed by atoms with Gasteiger partial charge >= 0.3 is 0 Å². The maximum atomic E-state index is 13.0. The number of fused-ring (bicyclic) bond motifs is 1. The largest absolute Gasteiger partial charge is 0.333 e. The highest BCUT2D eigenvalue weighted by Gasteiger charge is 2.25. The minimum atomic E-state index is -0.0622. The number of hydrogen-bond acceptors (Lipinski definition) is 4. The van der Waals surface area contributed by atoms with E-state index in [2.05, 4.69) is 39.2 Å². The Labute approximate surface area is 165 Å². The summed E-state index contributed by atoms with van der Waals surface area (Å²) in [6.45, 7) is 5.45. The number of benzene rings is 1. The summed E-state index contributed by atoms with van der Waals surface area (Å²) in [7, 11) is 1.82. The number of amides is 1. The minimum absolute atomic E-state index is 0.0606. The molecule has 1 aliphatic rings. The lowest BCUT2D eigenvalue weighted by Gasteiger charge is -2.27. The molecule has 0 saturated heterocycles. The first-order valence-electron chi connectivity index (χ1n) is 9.62. The molecule has 0 saturated carbocycles. The number of rotatable bonds is 5.